The summed E-state index contributed by atoms with van der Waals surface area (Å²) in [6.45, 7) is 7.97. The van der Waals surface area contributed by atoms with Gasteiger partial charge in [0.25, 0.3) is 0 Å². The predicted molar refractivity (Wildman–Crippen MR) is 101 cm³/mol. The maximum atomic E-state index is 5.90. The molecular formula is C21H24N4O. The van der Waals surface area contributed by atoms with Crippen LogP contribution in [0.15, 0.2) is 59.0 Å². The molecule has 0 aliphatic carbocycles. The van der Waals surface area contributed by atoms with Gasteiger partial charge in [0, 0.05) is 38.3 Å². The zero-order chi connectivity index (χ0) is 17.8. The van der Waals surface area contributed by atoms with Gasteiger partial charge in [0.05, 0.1) is 6.54 Å². The molecule has 0 spiro atoms. The van der Waals surface area contributed by atoms with Gasteiger partial charge < -0.3 is 4.42 Å². The van der Waals surface area contributed by atoms with E-state index in [9.17, 15) is 0 Å². The average Bonchev–Trinajstić information content (AvgIpc) is 3.13. The van der Waals surface area contributed by atoms with Gasteiger partial charge in [0.1, 0.15) is 0 Å². The van der Waals surface area contributed by atoms with E-state index in [-0.39, 0.29) is 0 Å². The average molecular weight is 348 g/mol. The SMILES string of the molecule is Cc1ccccc1-c1nnc(CN2CCN(Cc3ccccc3)CC2)o1. The van der Waals surface area contributed by atoms with Gasteiger partial charge in [0.2, 0.25) is 11.8 Å². The highest BCUT2D eigenvalue weighted by atomic mass is 16.4. The summed E-state index contributed by atoms with van der Waals surface area (Å²) in [6, 6.07) is 18.8. The number of nitrogens with zero attached hydrogens (tertiary/aromatic N) is 4. The van der Waals surface area contributed by atoms with Gasteiger partial charge in [0.15, 0.2) is 0 Å². The molecule has 0 bridgehead atoms. The van der Waals surface area contributed by atoms with Crippen LogP contribution in [0.2, 0.25) is 0 Å². The second-order valence-electron chi connectivity index (χ2n) is 6.85. The van der Waals surface area contributed by atoms with Crippen molar-refractivity contribution in [1.82, 2.24) is 20.0 Å². The Balaban J connectivity index is 1.32. The second kappa shape index (κ2) is 7.81. The molecule has 26 heavy (non-hydrogen) atoms. The van der Waals surface area contributed by atoms with Crippen molar-refractivity contribution in [2.45, 2.75) is 20.0 Å². The van der Waals surface area contributed by atoms with Crippen LogP contribution in [0.3, 0.4) is 0 Å². The molecule has 2 heterocycles. The van der Waals surface area contributed by atoms with E-state index in [4.69, 9.17) is 4.42 Å². The monoisotopic (exact) mass is 348 g/mol. The highest BCUT2D eigenvalue weighted by Gasteiger charge is 2.19. The summed E-state index contributed by atoms with van der Waals surface area (Å²) in [5.41, 5.74) is 3.54. The Kier molecular flexibility index (Phi) is 5.09. The van der Waals surface area contributed by atoms with Crippen LogP contribution in [-0.4, -0.2) is 46.2 Å². The van der Waals surface area contributed by atoms with Gasteiger partial charge >= 0.3 is 0 Å². The van der Waals surface area contributed by atoms with E-state index in [1.54, 1.807) is 0 Å². The fraction of sp³-hybridized carbons (Fsp3) is 0.333. The molecule has 0 saturated carbocycles. The van der Waals surface area contributed by atoms with Gasteiger partial charge in [-0.25, -0.2) is 0 Å². The van der Waals surface area contributed by atoms with Crippen LogP contribution in [0.4, 0.5) is 0 Å². The van der Waals surface area contributed by atoms with E-state index >= 15 is 0 Å². The minimum atomic E-state index is 0.612. The van der Waals surface area contributed by atoms with Crippen molar-refractivity contribution in [2.24, 2.45) is 0 Å². The lowest BCUT2D eigenvalue weighted by molar-refractivity contribution is 0.114. The Hall–Kier alpha value is -2.50. The van der Waals surface area contributed by atoms with E-state index < -0.39 is 0 Å². The van der Waals surface area contributed by atoms with Gasteiger partial charge in [-0.3, -0.25) is 9.80 Å². The van der Waals surface area contributed by atoms with Crippen molar-refractivity contribution in [3.63, 3.8) is 0 Å². The summed E-state index contributed by atoms with van der Waals surface area (Å²) in [6.07, 6.45) is 0. The van der Waals surface area contributed by atoms with E-state index in [1.165, 1.54) is 5.56 Å². The van der Waals surface area contributed by atoms with Gasteiger partial charge in [-0.1, -0.05) is 48.5 Å². The first-order chi connectivity index (χ1) is 12.8. The van der Waals surface area contributed by atoms with Crippen LogP contribution < -0.4 is 0 Å². The Labute approximate surface area is 154 Å². The summed E-state index contributed by atoms with van der Waals surface area (Å²) in [5.74, 6) is 1.31. The molecule has 5 heteroatoms. The van der Waals surface area contributed by atoms with Gasteiger partial charge in [-0.2, -0.15) is 0 Å². The molecule has 3 aromatic rings. The van der Waals surface area contributed by atoms with Crippen molar-refractivity contribution < 1.29 is 4.42 Å². The fourth-order valence-electron chi connectivity index (χ4n) is 3.38. The van der Waals surface area contributed by atoms with Crippen molar-refractivity contribution >= 4 is 0 Å². The van der Waals surface area contributed by atoms with Crippen molar-refractivity contribution in [1.29, 1.82) is 0 Å². The highest BCUT2D eigenvalue weighted by molar-refractivity contribution is 5.57. The van der Waals surface area contributed by atoms with E-state index in [2.05, 4.69) is 63.3 Å². The zero-order valence-electron chi connectivity index (χ0n) is 15.1. The van der Waals surface area contributed by atoms with Crippen LogP contribution in [-0.2, 0) is 13.1 Å². The third kappa shape index (κ3) is 4.00. The Morgan fingerprint density at radius 1 is 0.808 bits per heavy atom. The second-order valence-corrected chi connectivity index (χ2v) is 6.85. The summed E-state index contributed by atoms with van der Waals surface area (Å²) in [7, 11) is 0. The molecular weight excluding hydrogens is 324 g/mol. The summed E-state index contributed by atoms with van der Waals surface area (Å²) in [5, 5.41) is 8.47. The molecule has 1 fully saturated rings. The predicted octanol–water partition coefficient (Wildman–Crippen LogP) is 3.36. The summed E-state index contributed by atoms with van der Waals surface area (Å²) >= 11 is 0. The topological polar surface area (TPSA) is 45.4 Å². The molecule has 0 atom stereocenters. The molecule has 0 N–H and O–H groups in total. The zero-order valence-corrected chi connectivity index (χ0v) is 15.1. The maximum absolute atomic E-state index is 5.90. The lowest BCUT2D eigenvalue weighted by atomic mass is 10.1. The Bertz CT molecular complexity index is 838. The number of rotatable bonds is 5. The molecule has 0 amide bonds. The number of piperazine rings is 1. The van der Waals surface area contributed by atoms with Crippen LogP contribution in [0.25, 0.3) is 11.5 Å². The molecule has 1 aromatic heterocycles. The third-order valence-corrected chi connectivity index (χ3v) is 4.92. The van der Waals surface area contributed by atoms with Crippen molar-refractivity contribution in [3.8, 4) is 11.5 Å². The highest BCUT2D eigenvalue weighted by Crippen LogP contribution is 2.22. The summed E-state index contributed by atoms with van der Waals surface area (Å²) < 4.78 is 5.90. The minimum absolute atomic E-state index is 0.612. The van der Waals surface area contributed by atoms with Crippen LogP contribution in [0, 0.1) is 6.92 Å². The fourth-order valence-corrected chi connectivity index (χ4v) is 3.38. The molecule has 0 unspecified atom stereocenters. The third-order valence-electron chi connectivity index (χ3n) is 4.92. The van der Waals surface area contributed by atoms with E-state index in [0.717, 1.165) is 50.4 Å². The standard InChI is InChI=1S/C21H24N4O/c1-17-7-5-6-10-19(17)21-23-22-20(26-21)16-25-13-11-24(12-14-25)15-18-8-3-2-4-9-18/h2-10H,11-16H2,1H3. The van der Waals surface area contributed by atoms with Crippen LogP contribution in [0.5, 0.6) is 0 Å². The minimum Gasteiger partial charge on any atom is -0.419 e. The number of hydrogen-bond donors (Lipinski definition) is 0. The number of hydrogen-bond acceptors (Lipinski definition) is 5. The van der Waals surface area contributed by atoms with Gasteiger partial charge in [-0.05, 0) is 24.1 Å². The molecule has 1 saturated heterocycles. The summed E-state index contributed by atoms with van der Waals surface area (Å²) in [4.78, 5) is 4.88. The number of aromatic nitrogens is 2. The number of benzene rings is 2. The quantitative estimate of drug-likeness (QED) is 0.707. The smallest absolute Gasteiger partial charge is 0.248 e. The van der Waals surface area contributed by atoms with Gasteiger partial charge in [-0.15, -0.1) is 10.2 Å². The molecule has 2 aromatic carbocycles. The number of aryl methyl sites for hydroxylation is 1. The first-order valence-corrected chi connectivity index (χ1v) is 9.15. The van der Waals surface area contributed by atoms with Crippen molar-refractivity contribution in [2.75, 3.05) is 26.2 Å². The molecule has 5 nitrogen and oxygen atoms in total. The van der Waals surface area contributed by atoms with Crippen LogP contribution in [0.1, 0.15) is 17.0 Å². The van der Waals surface area contributed by atoms with E-state index in [1.807, 2.05) is 18.2 Å². The first kappa shape index (κ1) is 16.9. The lowest BCUT2D eigenvalue weighted by Crippen LogP contribution is -2.45. The largest absolute Gasteiger partial charge is 0.419 e. The molecule has 1 aliphatic heterocycles. The normalized spacial score (nSPS) is 16.0. The van der Waals surface area contributed by atoms with Crippen LogP contribution >= 0.6 is 0 Å². The Morgan fingerprint density at radius 3 is 2.19 bits per heavy atom. The molecule has 0 radical (unpaired) electrons. The Morgan fingerprint density at radius 2 is 1.46 bits per heavy atom. The molecule has 1 aliphatic rings. The lowest BCUT2D eigenvalue weighted by Gasteiger charge is -2.33. The maximum Gasteiger partial charge on any atom is 0.248 e. The van der Waals surface area contributed by atoms with Crippen molar-refractivity contribution in [3.05, 3.63) is 71.6 Å². The first-order valence-electron chi connectivity index (χ1n) is 9.15. The van der Waals surface area contributed by atoms with E-state index in [0.29, 0.717) is 11.8 Å². The molecule has 4 rings (SSSR count). The molecule has 134 valence electrons.